The molecule has 0 fully saturated rings. The zero-order valence-electron chi connectivity index (χ0n) is 7.40. The third-order valence-electron chi connectivity index (χ3n) is 1.38. The Kier molecular flexibility index (Phi) is 6.67. The molecule has 0 amide bonds. The zero-order chi connectivity index (χ0) is 9.45. The summed E-state index contributed by atoms with van der Waals surface area (Å²) in [6.07, 6.45) is 3.45. The molecule has 0 aliphatic rings. The number of rotatable bonds is 7. The van der Waals surface area contributed by atoms with Crippen LogP contribution in [0.4, 0.5) is 0 Å². The number of unbranched alkanes of at least 4 members (excludes halogenated alkanes) is 3. The van der Waals surface area contributed by atoms with E-state index in [2.05, 4.69) is 4.52 Å². The summed E-state index contributed by atoms with van der Waals surface area (Å²) in [5.41, 5.74) is 0. The highest BCUT2D eigenvalue weighted by Crippen LogP contribution is 2.36. The third-order valence-corrected chi connectivity index (χ3v) is 2.04. The minimum absolute atomic E-state index is 0.215. The first-order valence-corrected chi connectivity index (χ1v) is 6.14. The molecule has 0 radical (unpaired) electrons. The summed E-state index contributed by atoms with van der Waals surface area (Å²) < 4.78 is 15.3. The van der Waals surface area contributed by atoms with Crippen molar-refractivity contribution in [1.82, 2.24) is 0 Å². The van der Waals surface area contributed by atoms with E-state index in [4.69, 9.17) is 10.00 Å². The number of hydrogen-bond acceptors (Lipinski definition) is 3. The van der Waals surface area contributed by atoms with Gasteiger partial charge in [0.15, 0.2) is 0 Å². The van der Waals surface area contributed by atoms with Crippen molar-refractivity contribution in [3.8, 4) is 0 Å². The van der Waals surface area contributed by atoms with Gasteiger partial charge in [0.05, 0.1) is 6.61 Å². The van der Waals surface area contributed by atoms with Crippen LogP contribution in [-0.2, 0) is 9.09 Å². The fourth-order valence-corrected chi connectivity index (χ4v) is 1.27. The quantitative estimate of drug-likeness (QED) is 0.476. The van der Waals surface area contributed by atoms with Gasteiger partial charge in [-0.1, -0.05) is 12.8 Å². The van der Waals surface area contributed by atoms with Crippen LogP contribution in [-0.4, -0.2) is 29.9 Å². The molecule has 0 aliphatic carbocycles. The van der Waals surface area contributed by atoms with Crippen LogP contribution < -0.4 is 0 Å². The average molecular weight is 196 g/mol. The fraction of sp³-hybridized carbons (Fsp3) is 1.00. The molecule has 12 heavy (non-hydrogen) atoms. The van der Waals surface area contributed by atoms with Crippen LogP contribution in [0, 0.1) is 0 Å². The van der Waals surface area contributed by atoms with E-state index in [1.54, 1.807) is 0 Å². The molecule has 0 bridgehead atoms. The minimum atomic E-state index is -3.27. The van der Waals surface area contributed by atoms with E-state index in [0.717, 1.165) is 25.7 Å². The summed E-state index contributed by atoms with van der Waals surface area (Å²) in [7, 11) is -3.27. The van der Waals surface area contributed by atoms with E-state index in [-0.39, 0.29) is 6.61 Å². The Bertz CT molecular complexity index is 142. The van der Waals surface area contributed by atoms with Gasteiger partial charge in [-0.3, -0.25) is 4.57 Å². The lowest BCUT2D eigenvalue weighted by Gasteiger charge is -2.05. The lowest BCUT2D eigenvalue weighted by Crippen LogP contribution is -1.92. The minimum Gasteiger partial charge on any atom is -0.396 e. The second-order valence-corrected chi connectivity index (χ2v) is 4.64. The van der Waals surface area contributed by atoms with Crippen LogP contribution in [0.25, 0.3) is 0 Å². The van der Waals surface area contributed by atoms with E-state index >= 15 is 0 Å². The molecular formula is C7H17O4P. The largest absolute Gasteiger partial charge is 0.396 e. The second kappa shape index (κ2) is 6.61. The first-order valence-electron chi connectivity index (χ1n) is 4.12. The molecule has 74 valence electrons. The van der Waals surface area contributed by atoms with E-state index in [9.17, 15) is 4.57 Å². The molecule has 4 nitrogen and oxygen atoms in total. The van der Waals surface area contributed by atoms with Crippen molar-refractivity contribution in [2.45, 2.75) is 25.7 Å². The Balaban J connectivity index is 3.06. The van der Waals surface area contributed by atoms with Crippen LogP contribution in [0.1, 0.15) is 25.7 Å². The summed E-state index contributed by atoms with van der Waals surface area (Å²) in [5.74, 6) is 0. The van der Waals surface area contributed by atoms with Crippen molar-refractivity contribution in [2.24, 2.45) is 0 Å². The number of aliphatic hydroxyl groups is 1. The van der Waals surface area contributed by atoms with Gasteiger partial charge in [-0.15, -0.1) is 0 Å². The Labute approximate surface area is 73.1 Å². The van der Waals surface area contributed by atoms with Gasteiger partial charge in [0.1, 0.15) is 0 Å². The summed E-state index contributed by atoms with van der Waals surface area (Å²) >= 11 is 0. The van der Waals surface area contributed by atoms with Gasteiger partial charge < -0.3 is 14.5 Å². The smallest absolute Gasteiger partial charge is 0.325 e. The molecular weight excluding hydrogens is 179 g/mol. The maximum Gasteiger partial charge on any atom is 0.325 e. The standard InChI is InChI=1S/C7H17O4P/c1-12(9,10)11-7-5-3-2-4-6-8/h8H,2-7H2,1H3,(H,9,10). The predicted molar refractivity (Wildman–Crippen MR) is 47.3 cm³/mol. The summed E-state index contributed by atoms with van der Waals surface area (Å²) in [5, 5.41) is 8.44. The summed E-state index contributed by atoms with van der Waals surface area (Å²) in [4.78, 5) is 8.71. The molecule has 2 N–H and O–H groups in total. The Morgan fingerprint density at radius 2 is 1.83 bits per heavy atom. The lowest BCUT2D eigenvalue weighted by molar-refractivity contribution is 0.251. The number of aliphatic hydroxyl groups excluding tert-OH is 1. The summed E-state index contributed by atoms with van der Waals surface area (Å²) in [6.45, 7) is 1.73. The van der Waals surface area contributed by atoms with Crippen LogP contribution in [0.5, 0.6) is 0 Å². The van der Waals surface area contributed by atoms with E-state index in [1.165, 1.54) is 6.66 Å². The maximum absolute atomic E-state index is 10.6. The van der Waals surface area contributed by atoms with Crippen molar-refractivity contribution in [1.29, 1.82) is 0 Å². The van der Waals surface area contributed by atoms with Crippen LogP contribution in [0.2, 0.25) is 0 Å². The van der Waals surface area contributed by atoms with Crippen molar-refractivity contribution in [3.63, 3.8) is 0 Å². The Morgan fingerprint density at radius 3 is 2.33 bits per heavy atom. The highest BCUT2D eigenvalue weighted by molar-refractivity contribution is 7.51. The molecule has 0 saturated heterocycles. The van der Waals surface area contributed by atoms with Gasteiger partial charge in [0, 0.05) is 13.3 Å². The SMILES string of the molecule is CP(=O)(O)OCCCCCCO. The van der Waals surface area contributed by atoms with Crippen LogP contribution in [0.3, 0.4) is 0 Å². The van der Waals surface area contributed by atoms with Gasteiger partial charge in [0.25, 0.3) is 0 Å². The molecule has 0 aromatic rings. The molecule has 0 spiro atoms. The molecule has 0 heterocycles. The van der Waals surface area contributed by atoms with Crippen molar-refractivity contribution >= 4 is 7.60 Å². The van der Waals surface area contributed by atoms with E-state index in [0.29, 0.717) is 6.61 Å². The highest BCUT2D eigenvalue weighted by Gasteiger charge is 2.07. The maximum atomic E-state index is 10.6. The van der Waals surface area contributed by atoms with Crippen molar-refractivity contribution < 1.29 is 19.1 Å². The Hall–Kier alpha value is 0.110. The first kappa shape index (κ1) is 12.1. The topological polar surface area (TPSA) is 66.8 Å². The monoisotopic (exact) mass is 196 g/mol. The summed E-state index contributed by atoms with van der Waals surface area (Å²) in [6, 6.07) is 0. The van der Waals surface area contributed by atoms with E-state index < -0.39 is 7.60 Å². The first-order chi connectivity index (χ1) is 5.56. The fourth-order valence-electron chi connectivity index (χ4n) is 0.801. The van der Waals surface area contributed by atoms with Gasteiger partial charge >= 0.3 is 7.60 Å². The highest BCUT2D eigenvalue weighted by atomic mass is 31.2. The zero-order valence-corrected chi connectivity index (χ0v) is 8.30. The normalized spacial score (nSPS) is 15.9. The van der Waals surface area contributed by atoms with Gasteiger partial charge in [-0.2, -0.15) is 0 Å². The molecule has 5 heteroatoms. The number of hydrogen-bond donors (Lipinski definition) is 2. The second-order valence-electron chi connectivity index (χ2n) is 2.77. The van der Waals surface area contributed by atoms with Crippen LogP contribution in [0.15, 0.2) is 0 Å². The molecule has 0 saturated carbocycles. The third kappa shape index (κ3) is 10.1. The van der Waals surface area contributed by atoms with Crippen LogP contribution >= 0.6 is 7.60 Å². The Morgan fingerprint density at radius 1 is 1.25 bits per heavy atom. The van der Waals surface area contributed by atoms with E-state index in [1.807, 2.05) is 0 Å². The van der Waals surface area contributed by atoms with Gasteiger partial charge in [-0.05, 0) is 12.8 Å². The molecule has 1 unspecified atom stereocenters. The van der Waals surface area contributed by atoms with Crippen molar-refractivity contribution in [2.75, 3.05) is 19.9 Å². The molecule has 1 atom stereocenters. The molecule has 0 aromatic carbocycles. The predicted octanol–water partition coefficient (Wildman–Crippen LogP) is 1.37. The van der Waals surface area contributed by atoms with Gasteiger partial charge in [-0.25, -0.2) is 0 Å². The molecule has 0 rings (SSSR count). The molecule has 0 aliphatic heterocycles. The van der Waals surface area contributed by atoms with Crippen molar-refractivity contribution in [3.05, 3.63) is 0 Å². The lowest BCUT2D eigenvalue weighted by atomic mass is 10.2. The molecule has 0 aromatic heterocycles. The van der Waals surface area contributed by atoms with Gasteiger partial charge in [0.2, 0.25) is 0 Å². The average Bonchev–Trinajstić information content (AvgIpc) is 1.94.